The molecule has 4 aromatic rings. The van der Waals surface area contributed by atoms with Gasteiger partial charge in [-0.1, -0.05) is 146 Å². The van der Waals surface area contributed by atoms with Crippen LogP contribution in [-0.4, -0.2) is 23.9 Å². The average molecular weight is 990 g/mol. The van der Waals surface area contributed by atoms with Crippen LogP contribution in [0.4, 0.5) is 0 Å². The van der Waals surface area contributed by atoms with Crippen LogP contribution in [0, 0.1) is 41.1 Å². The van der Waals surface area contributed by atoms with E-state index in [9.17, 15) is 9.90 Å². The largest absolute Gasteiger partial charge is 0.512 e. The Bertz CT molecular complexity index is 1870. The smallest absolute Gasteiger partial charge is 0.162 e. The van der Waals surface area contributed by atoms with E-state index in [4.69, 9.17) is 4.98 Å². The number of aromatic nitrogens is 1. The predicted octanol–water partition coefficient (Wildman–Crippen LogP) is 15.8. The summed E-state index contributed by atoms with van der Waals surface area (Å²) in [5.41, 5.74) is 6.07. The zero-order chi connectivity index (χ0) is 42.2. The van der Waals surface area contributed by atoms with Crippen molar-refractivity contribution >= 4 is 50.6 Å². The van der Waals surface area contributed by atoms with Gasteiger partial charge < -0.3 is 5.11 Å². The molecule has 2 aromatic heterocycles. The number of benzene rings is 2. The molecule has 6 heteroatoms. The van der Waals surface area contributed by atoms with Gasteiger partial charge in [0, 0.05) is 54.6 Å². The summed E-state index contributed by atoms with van der Waals surface area (Å²) in [6, 6.07) is 21.3. The zero-order valence-electron chi connectivity index (χ0n) is 38.8. The van der Waals surface area contributed by atoms with Crippen molar-refractivity contribution in [1.82, 2.24) is 4.98 Å². The van der Waals surface area contributed by atoms with E-state index in [1.807, 2.05) is 33.9 Å². The van der Waals surface area contributed by atoms with Crippen LogP contribution in [0.15, 0.2) is 54.4 Å². The quantitative estimate of drug-likeness (QED) is 0.0559. The average Bonchev–Trinajstić information content (AvgIpc) is 3.45. The van der Waals surface area contributed by atoms with Gasteiger partial charge in [0.25, 0.3) is 0 Å². The third-order valence-electron chi connectivity index (χ3n) is 11.5. The number of ketones is 1. The van der Waals surface area contributed by atoms with Gasteiger partial charge in [0.15, 0.2) is 5.78 Å². The van der Waals surface area contributed by atoms with E-state index in [1.165, 1.54) is 56.2 Å². The van der Waals surface area contributed by atoms with Gasteiger partial charge in [-0.25, -0.2) is 0 Å². The maximum Gasteiger partial charge on any atom is 0.162 e. The SMILES string of the molecule is CCC(CC)C(=O)/C=C(\O)C(CC)CC.CCC(CC)c1cc(-c2nccc3c(C)c([Si](CC(C)(C)C)(CC(C)(C)C)CC(C)(C)C)sc23)[c-]c2ccccc12.[Ir]. The van der Waals surface area contributed by atoms with Gasteiger partial charge in [0.1, 0.15) is 8.07 Å². The molecule has 319 valence electrons. The van der Waals surface area contributed by atoms with Crippen molar-refractivity contribution in [3.05, 3.63) is 71.6 Å². The van der Waals surface area contributed by atoms with Crippen molar-refractivity contribution in [2.75, 3.05) is 0 Å². The molecule has 1 N–H and O–H groups in total. The molecule has 2 heterocycles. The number of nitrogens with zero attached hydrogens (tertiary/aromatic N) is 1. The molecule has 2 aromatic carbocycles. The molecule has 0 saturated carbocycles. The van der Waals surface area contributed by atoms with E-state index in [2.05, 4.69) is 137 Å². The molecular formula is C51H78IrNO2SSi-. The number of hydrogen-bond acceptors (Lipinski definition) is 4. The fourth-order valence-corrected chi connectivity index (χ4v) is 20.3. The summed E-state index contributed by atoms with van der Waals surface area (Å²) in [5.74, 6) is 1.09. The minimum Gasteiger partial charge on any atom is -0.512 e. The van der Waals surface area contributed by atoms with Crippen molar-refractivity contribution in [3.8, 4) is 11.3 Å². The van der Waals surface area contributed by atoms with Crippen LogP contribution < -0.4 is 4.50 Å². The number of hydrogen-bond donors (Lipinski definition) is 1. The molecule has 0 aliphatic rings. The maximum atomic E-state index is 11.7. The first kappa shape index (κ1) is 51.0. The van der Waals surface area contributed by atoms with Crippen molar-refractivity contribution in [2.24, 2.45) is 28.1 Å². The Morgan fingerprint density at radius 3 is 1.75 bits per heavy atom. The van der Waals surface area contributed by atoms with E-state index >= 15 is 0 Å². The Kier molecular flexibility index (Phi) is 19.2. The molecule has 1 radical (unpaired) electrons. The standard InChI is InChI=1S/C38H54NSSi.C13H24O2.Ir/c1-13-27(14-2)32-22-29(21-28-17-15-16-18-31(28)32)33-34-30(19-20-39-33)26(3)35(40-34)41(23-36(4,5)6,24-37(7,8)9)25-38(10,11)12;1-5-10(6-2)12(14)9-13(15)11(7-3)8-4;/h15-20,22,27H,13-14,23-25H2,1-12H3;9-11,14H,5-8H2,1-4H3;/q-1;;/b;12-9-;. The number of allylic oxidation sites excluding steroid dienone is 2. The summed E-state index contributed by atoms with van der Waals surface area (Å²) < 4.78 is 3.07. The van der Waals surface area contributed by atoms with E-state index < -0.39 is 8.07 Å². The van der Waals surface area contributed by atoms with E-state index in [0.717, 1.165) is 49.8 Å². The van der Waals surface area contributed by atoms with Gasteiger partial charge >= 0.3 is 0 Å². The molecule has 0 aliphatic carbocycles. The van der Waals surface area contributed by atoms with E-state index in [1.54, 1.807) is 4.50 Å². The van der Waals surface area contributed by atoms with Gasteiger partial charge in [0.2, 0.25) is 0 Å². The van der Waals surface area contributed by atoms with Crippen LogP contribution in [0.5, 0.6) is 0 Å². The molecule has 0 fully saturated rings. The van der Waals surface area contributed by atoms with Gasteiger partial charge in [-0.15, -0.1) is 29.1 Å². The fourth-order valence-electron chi connectivity index (χ4n) is 9.55. The number of aliphatic hydroxyl groups is 1. The molecule has 57 heavy (non-hydrogen) atoms. The van der Waals surface area contributed by atoms with Gasteiger partial charge in [-0.3, -0.25) is 9.78 Å². The summed E-state index contributed by atoms with van der Waals surface area (Å²) in [6.45, 7) is 37.2. The predicted molar refractivity (Wildman–Crippen MR) is 251 cm³/mol. The molecule has 0 spiro atoms. The van der Waals surface area contributed by atoms with E-state index in [0.29, 0.717) is 5.92 Å². The Hall–Kier alpha value is -2.11. The van der Waals surface area contributed by atoms with Gasteiger partial charge in [-0.2, -0.15) is 11.3 Å². The first-order chi connectivity index (χ1) is 26.1. The summed E-state index contributed by atoms with van der Waals surface area (Å²) in [4.78, 5) is 16.8. The minimum atomic E-state index is -1.93. The molecule has 0 unspecified atom stereocenters. The van der Waals surface area contributed by atoms with Crippen LogP contribution >= 0.6 is 11.3 Å². The van der Waals surface area contributed by atoms with Crippen molar-refractivity contribution < 1.29 is 30.0 Å². The second-order valence-corrected chi connectivity index (χ2v) is 25.8. The number of pyridine rings is 1. The van der Waals surface area contributed by atoms with Crippen LogP contribution in [0.3, 0.4) is 0 Å². The summed E-state index contributed by atoms with van der Waals surface area (Å²) in [5, 5.41) is 13.7. The Labute approximate surface area is 367 Å². The molecule has 0 aliphatic heterocycles. The minimum absolute atomic E-state index is 0. The summed E-state index contributed by atoms with van der Waals surface area (Å²) in [7, 11) is -1.93. The van der Waals surface area contributed by atoms with Crippen molar-refractivity contribution in [1.29, 1.82) is 0 Å². The number of carbonyl (C=O) groups excluding carboxylic acids is 1. The number of carbonyl (C=O) groups is 1. The monoisotopic (exact) mass is 990 g/mol. The normalized spacial score (nSPS) is 13.1. The Morgan fingerprint density at radius 2 is 1.28 bits per heavy atom. The second-order valence-electron chi connectivity index (χ2n) is 20.3. The molecule has 0 saturated heterocycles. The first-order valence-electron chi connectivity index (χ1n) is 21.9. The first-order valence-corrected chi connectivity index (χ1v) is 25.3. The number of aryl methyl sites for hydroxylation is 1. The van der Waals surface area contributed by atoms with Crippen LogP contribution in [0.2, 0.25) is 18.1 Å². The summed E-state index contributed by atoms with van der Waals surface area (Å²) >= 11 is 2.08. The van der Waals surface area contributed by atoms with Crippen molar-refractivity contribution in [3.63, 3.8) is 0 Å². The van der Waals surface area contributed by atoms with Crippen molar-refractivity contribution in [2.45, 2.75) is 173 Å². The van der Waals surface area contributed by atoms with E-state index in [-0.39, 0.29) is 59.7 Å². The molecular weight excluding hydrogens is 911 g/mol. The number of aliphatic hydroxyl groups excluding tert-OH is 1. The van der Waals surface area contributed by atoms with Crippen LogP contribution in [0.1, 0.15) is 159 Å². The molecule has 0 amide bonds. The third kappa shape index (κ3) is 13.7. The fraction of sp³-hybridized carbons (Fsp3) is 0.608. The molecule has 4 rings (SSSR count). The zero-order valence-corrected chi connectivity index (χ0v) is 43.0. The third-order valence-corrected chi connectivity index (χ3v) is 20.8. The van der Waals surface area contributed by atoms with Gasteiger partial charge in [-0.05, 0) is 94.4 Å². The Balaban J connectivity index is 0.000000596. The maximum absolute atomic E-state index is 11.7. The molecule has 0 atom stereocenters. The van der Waals surface area contributed by atoms with Gasteiger partial charge in [0.05, 0.1) is 5.76 Å². The number of thiophene rings is 1. The number of fused-ring (bicyclic) bond motifs is 2. The Morgan fingerprint density at radius 1 is 0.772 bits per heavy atom. The molecule has 3 nitrogen and oxygen atoms in total. The van der Waals surface area contributed by atoms with Crippen LogP contribution in [-0.2, 0) is 24.9 Å². The number of rotatable bonds is 15. The molecule has 0 bridgehead atoms. The van der Waals surface area contributed by atoms with Crippen LogP contribution in [0.25, 0.3) is 32.1 Å². The summed E-state index contributed by atoms with van der Waals surface area (Å²) in [6.07, 6.45) is 9.24. The topological polar surface area (TPSA) is 50.2 Å². The second kappa shape index (κ2) is 21.4.